The number of aromatic nitrogens is 2. The first-order valence-corrected chi connectivity index (χ1v) is 12.7. The van der Waals surface area contributed by atoms with Gasteiger partial charge in [0.25, 0.3) is 5.91 Å². The lowest BCUT2D eigenvalue weighted by atomic mass is 9.94. The van der Waals surface area contributed by atoms with Gasteiger partial charge in [0.15, 0.2) is 28.2 Å². The number of carbonyl (C=O) groups is 3. The minimum absolute atomic E-state index is 0.136. The van der Waals surface area contributed by atoms with Gasteiger partial charge in [-0.15, -0.1) is 11.3 Å². The molecule has 0 fully saturated rings. The Bertz CT molecular complexity index is 1450. The van der Waals surface area contributed by atoms with Crippen LogP contribution in [0.3, 0.4) is 0 Å². The molecule has 0 bridgehead atoms. The molecule has 1 aromatic carbocycles. The van der Waals surface area contributed by atoms with Gasteiger partial charge in [0.1, 0.15) is 0 Å². The molecule has 1 unspecified atom stereocenters. The number of ether oxygens (including phenoxy) is 3. The van der Waals surface area contributed by atoms with Crippen molar-refractivity contribution in [2.75, 3.05) is 26.2 Å². The number of hydrogen-bond donors (Lipinski definition) is 1. The number of nitrogens with zero attached hydrogens (tertiary/aromatic N) is 3. The fraction of sp³-hybridized carbons (Fsp3) is 0.320. The van der Waals surface area contributed by atoms with Crippen molar-refractivity contribution in [3.8, 4) is 17.2 Å². The first-order valence-electron chi connectivity index (χ1n) is 11.1. The number of aliphatic hydroxyl groups excluding tert-OH is 1. The molecule has 194 valence electrons. The molecule has 37 heavy (non-hydrogen) atoms. The van der Waals surface area contributed by atoms with Gasteiger partial charge in [-0.1, -0.05) is 11.3 Å². The molecule has 1 aliphatic heterocycles. The molecule has 0 saturated carbocycles. The van der Waals surface area contributed by atoms with Crippen LogP contribution in [-0.4, -0.2) is 53.9 Å². The number of thiazole rings is 2. The molecule has 3 aromatic rings. The smallest absolute Gasteiger partial charge is 0.296 e. The summed E-state index contributed by atoms with van der Waals surface area (Å²) in [6, 6.07) is 2.12. The van der Waals surface area contributed by atoms with E-state index in [1.54, 1.807) is 32.9 Å². The van der Waals surface area contributed by atoms with E-state index in [9.17, 15) is 19.5 Å². The van der Waals surface area contributed by atoms with Crippen LogP contribution in [0, 0.1) is 20.8 Å². The second-order valence-corrected chi connectivity index (χ2v) is 10.4. The number of rotatable bonds is 8. The molecular weight excluding hydrogens is 518 g/mol. The van der Waals surface area contributed by atoms with Crippen molar-refractivity contribution < 1.29 is 33.7 Å². The van der Waals surface area contributed by atoms with E-state index in [1.165, 1.54) is 44.5 Å². The molecule has 0 aliphatic carbocycles. The molecule has 10 nitrogen and oxygen atoms in total. The summed E-state index contributed by atoms with van der Waals surface area (Å²) >= 11 is 2.19. The first-order chi connectivity index (χ1) is 17.5. The summed E-state index contributed by atoms with van der Waals surface area (Å²) in [5.74, 6) is -1.34. The summed E-state index contributed by atoms with van der Waals surface area (Å²) in [4.78, 5) is 50.1. The number of aliphatic hydroxyl groups is 1. The van der Waals surface area contributed by atoms with E-state index in [4.69, 9.17) is 14.2 Å². The first kappa shape index (κ1) is 26.3. The topological polar surface area (TPSA) is 128 Å². The van der Waals surface area contributed by atoms with Gasteiger partial charge in [-0.25, -0.2) is 9.97 Å². The van der Waals surface area contributed by atoms with E-state index >= 15 is 0 Å². The minimum atomic E-state index is -1.10. The van der Waals surface area contributed by atoms with Crippen LogP contribution in [0.1, 0.15) is 54.3 Å². The molecule has 1 amide bonds. The summed E-state index contributed by atoms with van der Waals surface area (Å²) < 4.78 is 16.4. The highest BCUT2D eigenvalue weighted by molar-refractivity contribution is 7.18. The van der Waals surface area contributed by atoms with Gasteiger partial charge >= 0.3 is 0 Å². The molecule has 3 heterocycles. The summed E-state index contributed by atoms with van der Waals surface area (Å²) in [5.41, 5.74) is 1.21. The Hall–Kier alpha value is -3.77. The average molecular weight is 544 g/mol. The van der Waals surface area contributed by atoms with Crippen molar-refractivity contribution in [3.05, 3.63) is 55.2 Å². The molecule has 1 atom stereocenters. The monoisotopic (exact) mass is 543 g/mol. The number of Topliss-reactive ketones (excluding diaryl/α,β-unsaturated/α-hetero) is 2. The van der Waals surface area contributed by atoms with Crippen LogP contribution in [0.5, 0.6) is 17.2 Å². The van der Waals surface area contributed by atoms with Crippen molar-refractivity contribution >= 4 is 45.3 Å². The Labute approximate surface area is 221 Å². The van der Waals surface area contributed by atoms with Crippen LogP contribution < -0.4 is 19.1 Å². The number of methoxy groups -OCH3 is 3. The maximum Gasteiger partial charge on any atom is 0.296 e. The molecule has 12 heteroatoms. The Balaban J connectivity index is 1.99. The molecule has 0 radical (unpaired) electrons. The van der Waals surface area contributed by atoms with Crippen molar-refractivity contribution in [2.45, 2.75) is 33.7 Å². The number of hydrogen-bond acceptors (Lipinski definition) is 11. The Morgan fingerprint density at radius 2 is 1.54 bits per heavy atom. The Morgan fingerprint density at radius 3 is 2.00 bits per heavy atom. The van der Waals surface area contributed by atoms with Crippen molar-refractivity contribution in [1.82, 2.24) is 9.97 Å². The molecule has 1 aliphatic rings. The van der Waals surface area contributed by atoms with Gasteiger partial charge in [-0.2, -0.15) is 0 Å². The SMILES string of the molecule is COc1cc(C2C(C(=O)c3sc(C)nc3C)=C(O)C(=O)N2c2nc(C)c(C(C)=O)s2)cc(OC)c1OC. The van der Waals surface area contributed by atoms with Gasteiger partial charge in [-0.05, 0) is 38.5 Å². The molecule has 0 saturated heterocycles. The zero-order valence-corrected chi connectivity index (χ0v) is 22.9. The highest BCUT2D eigenvalue weighted by atomic mass is 32.1. The fourth-order valence-electron chi connectivity index (χ4n) is 4.29. The van der Waals surface area contributed by atoms with E-state index < -0.39 is 23.5 Å². The molecule has 0 spiro atoms. The zero-order valence-electron chi connectivity index (χ0n) is 21.3. The number of aryl methyl sites for hydroxylation is 3. The van der Waals surface area contributed by atoms with Crippen LogP contribution >= 0.6 is 22.7 Å². The second kappa shape index (κ2) is 9.94. The maximum absolute atomic E-state index is 13.8. The van der Waals surface area contributed by atoms with E-state index in [0.717, 1.165) is 11.3 Å². The number of anilines is 1. The Kier molecular flexibility index (Phi) is 7.07. The van der Waals surface area contributed by atoms with Gasteiger partial charge < -0.3 is 19.3 Å². The third kappa shape index (κ3) is 4.36. The fourth-order valence-corrected chi connectivity index (χ4v) is 6.15. The van der Waals surface area contributed by atoms with E-state index in [2.05, 4.69) is 9.97 Å². The van der Waals surface area contributed by atoms with Crippen LogP contribution in [-0.2, 0) is 4.79 Å². The Morgan fingerprint density at radius 1 is 0.946 bits per heavy atom. The molecule has 1 N–H and O–H groups in total. The predicted octanol–water partition coefficient (Wildman–Crippen LogP) is 4.54. The lowest BCUT2D eigenvalue weighted by Crippen LogP contribution is -2.31. The van der Waals surface area contributed by atoms with Gasteiger partial charge in [0.05, 0.1) is 59.1 Å². The largest absolute Gasteiger partial charge is 0.503 e. The van der Waals surface area contributed by atoms with Gasteiger partial charge in [0.2, 0.25) is 11.5 Å². The minimum Gasteiger partial charge on any atom is -0.503 e. The van der Waals surface area contributed by atoms with Gasteiger partial charge in [0, 0.05) is 6.92 Å². The lowest BCUT2D eigenvalue weighted by molar-refractivity contribution is -0.117. The number of carbonyl (C=O) groups excluding carboxylic acids is 3. The quantitative estimate of drug-likeness (QED) is 0.407. The average Bonchev–Trinajstić information content (AvgIpc) is 3.50. The molecule has 2 aromatic heterocycles. The third-order valence-corrected chi connectivity index (χ3v) is 8.21. The van der Waals surface area contributed by atoms with E-state index in [-0.39, 0.29) is 16.5 Å². The van der Waals surface area contributed by atoms with E-state index in [1.807, 2.05) is 0 Å². The number of amides is 1. The summed E-state index contributed by atoms with van der Waals surface area (Å²) in [5, 5.41) is 11.9. The normalized spacial score (nSPS) is 15.4. The lowest BCUT2D eigenvalue weighted by Gasteiger charge is -2.26. The van der Waals surface area contributed by atoms with Crippen molar-refractivity contribution in [3.63, 3.8) is 0 Å². The maximum atomic E-state index is 13.8. The van der Waals surface area contributed by atoms with Crippen LogP contribution in [0.2, 0.25) is 0 Å². The summed E-state index contributed by atoms with van der Waals surface area (Å²) in [6.45, 7) is 6.54. The molecule has 4 rings (SSSR count). The number of ketones is 2. The highest BCUT2D eigenvalue weighted by Gasteiger charge is 2.47. The van der Waals surface area contributed by atoms with Crippen LogP contribution in [0.25, 0.3) is 0 Å². The second-order valence-electron chi connectivity index (χ2n) is 8.24. The number of benzene rings is 1. The predicted molar refractivity (Wildman–Crippen MR) is 139 cm³/mol. The van der Waals surface area contributed by atoms with Crippen molar-refractivity contribution in [2.24, 2.45) is 0 Å². The van der Waals surface area contributed by atoms with E-state index in [0.29, 0.717) is 49.0 Å². The summed E-state index contributed by atoms with van der Waals surface area (Å²) in [7, 11) is 4.36. The zero-order chi connectivity index (χ0) is 27.2. The standard InChI is InChI=1S/C25H25N3O7S2/c1-10-22(12(3)29)37-25(27-10)28-18(14-8-15(33-5)21(35-7)16(9-14)34-6)17(20(31)24(28)32)19(30)23-11(2)26-13(4)36-23/h8-9,18,31H,1-7H3. The van der Waals surface area contributed by atoms with Crippen LogP contribution in [0.4, 0.5) is 5.13 Å². The van der Waals surface area contributed by atoms with Crippen LogP contribution in [0.15, 0.2) is 23.5 Å². The van der Waals surface area contributed by atoms with Gasteiger partial charge in [-0.3, -0.25) is 19.3 Å². The highest BCUT2D eigenvalue weighted by Crippen LogP contribution is 2.48. The summed E-state index contributed by atoms with van der Waals surface area (Å²) in [6.07, 6.45) is 0. The van der Waals surface area contributed by atoms with Crippen molar-refractivity contribution in [1.29, 1.82) is 0 Å². The molecular formula is C25H25N3O7S2. The third-order valence-electron chi connectivity index (χ3n) is 5.88.